The van der Waals surface area contributed by atoms with E-state index >= 15 is 0 Å². The van der Waals surface area contributed by atoms with Gasteiger partial charge < -0.3 is 14.2 Å². The van der Waals surface area contributed by atoms with Gasteiger partial charge in [0.1, 0.15) is 11.6 Å². The molecule has 0 amide bonds. The maximum atomic E-state index is 13.1. The zero-order valence-electron chi connectivity index (χ0n) is 27.4. The molecule has 0 aliphatic heterocycles. The molecule has 6 rings (SSSR count). The standard InChI is InChI=1S/C17H18BrFN4O2.C16H16BrFN4O3.CH4/c1-3-4-9-22-15(24)13-14(21(2)17(22)25)20-16(18)23(13)10-11-5-7-12(19)8-6-11;1-20-13-12(14(24)21(16(20)25)7-2-8-23)22(15(17)19-13)9-10-3-5-11(18)6-4-10;/h5-8H,3-4,9-10H2,1-2H3;3-6,23H,2,7-9H2,1H3;1H4. The van der Waals surface area contributed by atoms with Gasteiger partial charge in [0.25, 0.3) is 11.1 Å². The molecule has 0 fully saturated rings. The topological polar surface area (TPSA) is 144 Å². The van der Waals surface area contributed by atoms with Crippen molar-refractivity contribution in [2.75, 3.05) is 6.61 Å². The van der Waals surface area contributed by atoms with Crippen molar-refractivity contribution in [3.8, 4) is 0 Å². The molecule has 0 aliphatic carbocycles. The molecule has 6 aromatic rings. The number of nitrogens with zero attached hydrogens (tertiary/aromatic N) is 8. The molecule has 17 heteroatoms. The van der Waals surface area contributed by atoms with Crippen LogP contribution in [0.2, 0.25) is 0 Å². The van der Waals surface area contributed by atoms with Gasteiger partial charge in [-0.2, -0.15) is 0 Å². The van der Waals surface area contributed by atoms with Crippen molar-refractivity contribution in [3.05, 3.63) is 122 Å². The van der Waals surface area contributed by atoms with Gasteiger partial charge in [0, 0.05) is 33.8 Å². The SMILES string of the molecule is C.CCCCn1c(=O)c2c(nc(Br)n2Cc2ccc(F)cc2)n(C)c1=O.Cn1c(=O)n(CCCO)c(=O)c2c1nc(Br)n2Cc1ccc(F)cc1. The number of fused-ring (bicyclic) bond motifs is 2. The molecular formula is C34H38Br2F2N8O5. The smallest absolute Gasteiger partial charge is 0.332 e. The number of aromatic nitrogens is 8. The van der Waals surface area contributed by atoms with Crippen molar-refractivity contribution in [2.24, 2.45) is 14.1 Å². The minimum absolute atomic E-state index is 0. The second kappa shape index (κ2) is 16.7. The van der Waals surface area contributed by atoms with Crippen molar-refractivity contribution in [2.45, 2.75) is 59.8 Å². The van der Waals surface area contributed by atoms with Crippen LogP contribution in [0.4, 0.5) is 8.78 Å². The first-order chi connectivity index (χ1) is 23.9. The summed E-state index contributed by atoms with van der Waals surface area (Å²) in [6, 6.07) is 12.0. The third kappa shape index (κ3) is 8.05. The fourth-order valence-electron chi connectivity index (χ4n) is 5.46. The Bertz CT molecular complexity index is 2240. The summed E-state index contributed by atoms with van der Waals surface area (Å²) >= 11 is 6.69. The average Bonchev–Trinajstić information content (AvgIpc) is 3.61. The van der Waals surface area contributed by atoms with Crippen LogP contribution < -0.4 is 22.5 Å². The van der Waals surface area contributed by atoms with Gasteiger partial charge in [-0.15, -0.1) is 0 Å². The summed E-state index contributed by atoms with van der Waals surface area (Å²) in [6.45, 7) is 3.02. The molecule has 1 N–H and O–H groups in total. The lowest BCUT2D eigenvalue weighted by Crippen LogP contribution is -2.39. The Labute approximate surface area is 307 Å². The van der Waals surface area contributed by atoms with Gasteiger partial charge in [0.05, 0.1) is 13.1 Å². The van der Waals surface area contributed by atoms with Crippen molar-refractivity contribution < 1.29 is 13.9 Å². The summed E-state index contributed by atoms with van der Waals surface area (Å²) in [7, 11) is 3.15. The van der Waals surface area contributed by atoms with E-state index in [9.17, 15) is 28.0 Å². The zero-order chi connectivity index (χ0) is 36.3. The number of aliphatic hydroxyl groups excluding tert-OH is 1. The Morgan fingerprint density at radius 1 is 0.647 bits per heavy atom. The predicted octanol–water partition coefficient (Wildman–Crippen LogP) is 4.51. The summed E-state index contributed by atoms with van der Waals surface area (Å²) in [5, 5.41) is 8.99. The highest BCUT2D eigenvalue weighted by Crippen LogP contribution is 2.20. The maximum absolute atomic E-state index is 13.1. The number of aliphatic hydroxyl groups is 1. The van der Waals surface area contributed by atoms with E-state index in [4.69, 9.17) is 5.11 Å². The molecule has 272 valence electrons. The lowest BCUT2D eigenvalue weighted by molar-refractivity contribution is 0.277. The Balaban J connectivity index is 0.000000224. The van der Waals surface area contributed by atoms with Gasteiger partial charge in [-0.25, -0.2) is 28.3 Å². The lowest BCUT2D eigenvalue weighted by Gasteiger charge is -2.10. The van der Waals surface area contributed by atoms with Crippen molar-refractivity contribution in [3.63, 3.8) is 0 Å². The second-order valence-electron chi connectivity index (χ2n) is 11.6. The van der Waals surface area contributed by atoms with E-state index < -0.39 is 11.2 Å². The maximum Gasteiger partial charge on any atom is 0.332 e. The van der Waals surface area contributed by atoms with Crippen LogP contribution in [0.15, 0.2) is 77.2 Å². The molecule has 4 heterocycles. The Morgan fingerprint density at radius 3 is 1.37 bits per heavy atom. The van der Waals surface area contributed by atoms with Crippen LogP contribution in [0, 0.1) is 11.6 Å². The van der Waals surface area contributed by atoms with Crippen molar-refractivity contribution >= 4 is 54.2 Å². The van der Waals surface area contributed by atoms with Gasteiger partial charge in [-0.3, -0.25) is 27.9 Å². The first-order valence-electron chi connectivity index (χ1n) is 15.7. The minimum Gasteiger partial charge on any atom is -0.396 e. The molecular weight excluding hydrogens is 798 g/mol. The van der Waals surface area contributed by atoms with E-state index in [-0.39, 0.29) is 54.6 Å². The molecule has 0 unspecified atom stereocenters. The zero-order valence-corrected chi connectivity index (χ0v) is 30.6. The predicted molar refractivity (Wildman–Crippen MR) is 198 cm³/mol. The van der Waals surface area contributed by atoms with E-state index in [0.29, 0.717) is 46.7 Å². The summed E-state index contributed by atoms with van der Waals surface area (Å²) in [5.41, 5.74) is 1.17. The van der Waals surface area contributed by atoms with Crippen LogP contribution in [-0.2, 0) is 40.3 Å². The highest BCUT2D eigenvalue weighted by molar-refractivity contribution is 9.10. The van der Waals surface area contributed by atoms with E-state index in [0.717, 1.165) is 28.5 Å². The van der Waals surface area contributed by atoms with Gasteiger partial charge in [-0.05, 0) is 80.1 Å². The molecule has 0 spiro atoms. The Hall–Kier alpha value is -4.48. The van der Waals surface area contributed by atoms with Crippen LogP contribution in [0.25, 0.3) is 22.3 Å². The van der Waals surface area contributed by atoms with Crippen LogP contribution >= 0.6 is 31.9 Å². The quantitative estimate of drug-likeness (QED) is 0.200. The van der Waals surface area contributed by atoms with Crippen molar-refractivity contribution in [1.29, 1.82) is 0 Å². The van der Waals surface area contributed by atoms with Crippen LogP contribution in [0.5, 0.6) is 0 Å². The molecule has 4 aromatic heterocycles. The van der Waals surface area contributed by atoms with E-state index in [1.165, 1.54) is 38.0 Å². The summed E-state index contributed by atoms with van der Waals surface area (Å²) in [5.74, 6) is -0.658. The Morgan fingerprint density at radius 2 is 1.02 bits per heavy atom. The first-order valence-corrected chi connectivity index (χ1v) is 17.3. The van der Waals surface area contributed by atoms with Crippen LogP contribution in [0.3, 0.4) is 0 Å². The van der Waals surface area contributed by atoms with Crippen LogP contribution in [0.1, 0.15) is 44.7 Å². The lowest BCUT2D eigenvalue weighted by atomic mass is 10.2. The molecule has 2 aromatic carbocycles. The summed E-state index contributed by atoms with van der Waals surface area (Å²) in [6.07, 6.45) is 1.92. The monoisotopic (exact) mass is 834 g/mol. The number of hydrogen-bond acceptors (Lipinski definition) is 7. The number of halogens is 4. The second-order valence-corrected chi connectivity index (χ2v) is 13.0. The van der Waals surface area contributed by atoms with E-state index in [1.807, 2.05) is 6.92 Å². The molecule has 51 heavy (non-hydrogen) atoms. The molecule has 0 bridgehead atoms. The summed E-state index contributed by atoms with van der Waals surface area (Å²) in [4.78, 5) is 59.1. The summed E-state index contributed by atoms with van der Waals surface area (Å²) < 4.78 is 35.4. The number of hydrogen-bond donors (Lipinski definition) is 1. The highest BCUT2D eigenvalue weighted by Gasteiger charge is 2.21. The molecule has 0 saturated heterocycles. The van der Waals surface area contributed by atoms with Gasteiger partial charge in [0.15, 0.2) is 31.8 Å². The highest BCUT2D eigenvalue weighted by atomic mass is 79.9. The number of rotatable bonds is 10. The largest absolute Gasteiger partial charge is 0.396 e. The third-order valence-electron chi connectivity index (χ3n) is 8.15. The molecule has 0 saturated carbocycles. The van der Waals surface area contributed by atoms with Crippen molar-refractivity contribution in [1.82, 2.24) is 37.4 Å². The van der Waals surface area contributed by atoms with E-state index in [1.54, 1.807) is 47.5 Å². The number of unbranched alkanes of at least 4 members (excludes halogenated alkanes) is 1. The van der Waals surface area contributed by atoms with Crippen LogP contribution in [-0.4, -0.2) is 49.1 Å². The normalized spacial score (nSPS) is 11.1. The molecule has 0 aliphatic rings. The molecule has 0 radical (unpaired) electrons. The van der Waals surface area contributed by atoms with E-state index in [2.05, 4.69) is 41.8 Å². The number of aryl methyl sites for hydroxylation is 2. The van der Waals surface area contributed by atoms with Gasteiger partial charge in [-0.1, -0.05) is 45.0 Å². The molecule has 0 atom stereocenters. The Kier molecular flexibility index (Phi) is 12.9. The fourth-order valence-corrected chi connectivity index (χ4v) is 6.40. The fraction of sp³-hybridized carbons (Fsp3) is 0.353. The van der Waals surface area contributed by atoms with Gasteiger partial charge in [0.2, 0.25) is 0 Å². The van der Waals surface area contributed by atoms with Gasteiger partial charge >= 0.3 is 11.4 Å². The molecule has 13 nitrogen and oxygen atoms in total. The first kappa shape index (κ1) is 39.3. The number of imidazole rings is 2. The minimum atomic E-state index is -0.482. The number of benzene rings is 2. The average molecular weight is 837 g/mol. The third-order valence-corrected chi connectivity index (χ3v) is 9.37.